The van der Waals surface area contributed by atoms with Gasteiger partial charge in [-0.25, -0.2) is 13.9 Å². The maximum absolute atomic E-state index is 13.6. The van der Waals surface area contributed by atoms with E-state index in [0.717, 1.165) is 24.3 Å². The molecule has 0 fully saturated rings. The number of anilines is 2. The number of methoxy groups -OCH3 is 1. The van der Waals surface area contributed by atoms with Gasteiger partial charge in [-0.05, 0) is 48.5 Å². The molecule has 0 saturated heterocycles. The Kier molecular flexibility index (Phi) is 5.67. The molecule has 1 aromatic heterocycles. The molecule has 156 valence electrons. The number of alkyl halides is 3. The monoisotopic (exact) mass is 423 g/mol. The van der Waals surface area contributed by atoms with Crippen molar-refractivity contribution >= 4 is 23.4 Å². The summed E-state index contributed by atoms with van der Waals surface area (Å²) in [6.45, 7) is 0. The van der Waals surface area contributed by atoms with Crippen molar-refractivity contribution in [2.75, 3.05) is 17.7 Å². The number of ether oxygens (including phenoxy) is 1. The van der Waals surface area contributed by atoms with Gasteiger partial charge in [-0.15, -0.1) is 5.10 Å². The Morgan fingerprint density at radius 2 is 1.53 bits per heavy atom. The molecule has 2 N–H and O–H groups in total. The van der Waals surface area contributed by atoms with E-state index in [0.29, 0.717) is 10.4 Å². The van der Waals surface area contributed by atoms with E-state index in [9.17, 15) is 27.2 Å². The lowest BCUT2D eigenvalue weighted by atomic mass is 10.2. The number of halogens is 4. The largest absolute Gasteiger partial charge is 0.453 e. The van der Waals surface area contributed by atoms with E-state index in [4.69, 9.17) is 0 Å². The van der Waals surface area contributed by atoms with Crippen LogP contribution >= 0.6 is 0 Å². The first-order valence-corrected chi connectivity index (χ1v) is 8.24. The van der Waals surface area contributed by atoms with Gasteiger partial charge in [0.05, 0.1) is 12.8 Å². The number of nitrogens with zero attached hydrogens (tertiary/aromatic N) is 3. The van der Waals surface area contributed by atoms with Gasteiger partial charge in [0.15, 0.2) is 11.4 Å². The van der Waals surface area contributed by atoms with Crippen molar-refractivity contribution < 1.29 is 31.9 Å². The van der Waals surface area contributed by atoms with Crippen LogP contribution in [-0.4, -0.2) is 34.1 Å². The van der Waals surface area contributed by atoms with Crippen LogP contribution in [0.3, 0.4) is 0 Å². The molecule has 3 aromatic rings. The third-order valence-corrected chi connectivity index (χ3v) is 3.80. The minimum Gasteiger partial charge on any atom is -0.453 e. The number of carbonyl (C=O) groups excluding carboxylic acids is 2. The van der Waals surface area contributed by atoms with Crippen molar-refractivity contribution in [3.63, 3.8) is 0 Å². The molecule has 0 aliphatic carbocycles. The zero-order chi connectivity index (χ0) is 21.9. The summed E-state index contributed by atoms with van der Waals surface area (Å²) in [5.41, 5.74) is -1.98. The van der Waals surface area contributed by atoms with Gasteiger partial charge in [0.1, 0.15) is 5.82 Å². The highest BCUT2D eigenvalue weighted by molar-refractivity contribution is 6.04. The molecule has 0 bridgehead atoms. The van der Waals surface area contributed by atoms with Crippen molar-refractivity contribution in [1.29, 1.82) is 0 Å². The van der Waals surface area contributed by atoms with E-state index in [1.807, 2.05) is 0 Å². The molecule has 3 rings (SSSR count). The number of hydrogen-bond acceptors (Lipinski definition) is 5. The molecule has 0 aliphatic heterocycles. The SMILES string of the molecule is COC(=O)Nc1ccc(NC(=O)c2nnn(-c3ccc(F)cc3)c2C(F)(F)F)cc1. The molecular formula is C18H13F4N5O3. The van der Waals surface area contributed by atoms with Crippen molar-refractivity contribution in [3.05, 3.63) is 65.7 Å². The molecule has 12 heteroatoms. The molecule has 2 amide bonds. The molecule has 1 heterocycles. The Bertz CT molecular complexity index is 1060. The fourth-order valence-electron chi connectivity index (χ4n) is 2.45. The van der Waals surface area contributed by atoms with Crippen LogP contribution in [0, 0.1) is 5.82 Å². The van der Waals surface area contributed by atoms with Crippen LogP contribution in [-0.2, 0) is 10.9 Å². The second kappa shape index (κ2) is 8.19. The fraction of sp³-hybridized carbons (Fsp3) is 0.111. The van der Waals surface area contributed by atoms with Gasteiger partial charge in [-0.1, -0.05) is 5.21 Å². The molecule has 0 aliphatic rings. The molecule has 8 nitrogen and oxygen atoms in total. The van der Waals surface area contributed by atoms with Crippen LogP contribution in [0.2, 0.25) is 0 Å². The van der Waals surface area contributed by atoms with Crippen molar-refractivity contribution in [1.82, 2.24) is 15.0 Å². The van der Waals surface area contributed by atoms with Crippen LogP contribution in [0.1, 0.15) is 16.2 Å². The predicted molar refractivity (Wildman–Crippen MR) is 96.7 cm³/mol. The first kappa shape index (κ1) is 20.8. The number of carbonyl (C=O) groups is 2. The maximum Gasteiger partial charge on any atom is 0.435 e. The van der Waals surface area contributed by atoms with E-state index < -0.39 is 35.4 Å². The lowest BCUT2D eigenvalue weighted by Gasteiger charge is -2.11. The quantitative estimate of drug-likeness (QED) is 0.621. The molecule has 0 atom stereocenters. The normalized spacial score (nSPS) is 11.1. The zero-order valence-electron chi connectivity index (χ0n) is 15.2. The molecule has 0 radical (unpaired) electrons. The Balaban J connectivity index is 1.87. The summed E-state index contributed by atoms with van der Waals surface area (Å²) in [6.07, 6.45) is -5.67. The lowest BCUT2D eigenvalue weighted by Crippen LogP contribution is -2.21. The van der Waals surface area contributed by atoms with Gasteiger partial charge in [-0.3, -0.25) is 10.1 Å². The third-order valence-electron chi connectivity index (χ3n) is 3.80. The van der Waals surface area contributed by atoms with Gasteiger partial charge in [0.25, 0.3) is 5.91 Å². The van der Waals surface area contributed by atoms with Crippen molar-refractivity contribution in [3.8, 4) is 5.69 Å². The number of rotatable bonds is 4. The lowest BCUT2D eigenvalue weighted by molar-refractivity contribution is -0.143. The van der Waals surface area contributed by atoms with Gasteiger partial charge in [0.2, 0.25) is 0 Å². The second-order valence-electron chi connectivity index (χ2n) is 5.82. The van der Waals surface area contributed by atoms with Gasteiger partial charge in [-0.2, -0.15) is 13.2 Å². The number of benzene rings is 2. The molecule has 0 spiro atoms. The second-order valence-corrected chi connectivity index (χ2v) is 5.82. The van der Waals surface area contributed by atoms with Gasteiger partial charge in [0, 0.05) is 11.4 Å². The average Bonchev–Trinajstić information content (AvgIpc) is 3.16. The Morgan fingerprint density at radius 3 is 2.07 bits per heavy atom. The number of nitrogens with one attached hydrogen (secondary N) is 2. The van der Waals surface area contributed by atoms with E-state index in [2.05, 4.69) is 25.7 Å². The minimum absolute atomic E-state index is 0.117. The van der Waals surface area contributed by atoms with E-state index in [1.54, 1.807) is 0 Å². The smallest absolute Gasteiger partial charge is 0.435 e. The first-order valence-electron chi connectivity index (χ1n) is 8.24. The average molecular weight is 423 g/mol. The highest BCUT2D eigenvalue weighted by Gasteiger charge is 2.42. The summed E-state index contributed by atoms with van der Waals surface area (Å²) in [6, 6.07) is 9.62. The summed E-state index contributed by atoms with van der Waals surface area (Å²) in [5, 5.41) is 11.4. The summed E-state index contributed by atoms with van der Waals surface area (Å²) in [5.74, 6) is -1.79. The first-order chi connectivity index (χ1) is 14.2. The molecule has 0 saturated carbocycles. The van der Waals surface area contributed by atoms with E-state index in [1.165, 1.54) is 31.4 Å². The zero-order valence-corrected chi connectivity index (χ0v) is 15.2. The third kappa shape index (κ3) is 4.54. The summed E-state index contributed by atoms with van der Waals surface area (Å²) < 4.78 is 58.7. The van der Waals surface area contributed by atoms with Crippen LogP contribution in [0.4, 0.5) is 33.7 Å². The standard InChI is InChI=1S/C18H13F4N5O3/c1-30-17(29)24-12-6-4-11(5-7-12)23-16(28)14-15(18(20,21)22)27(26-25-14)13-8-2-10(19)3-9-13/h2-9H,1H3,(H,23,28)(H,24,29). The van der Waals surface area contributed by atoms with Crippen LogP contribution in [0.15, 0.2) is 48.5 Å². The topological polar surface area (TPSA) is 98.1 Å². The van der Waals surface area contributed by atoms with Crippen molar-refractivity contribution in [2.45, 2.75) is 6.18 Å². The fourth-order valence-corrected chi connectivity index (χ4v) is 2.45. The molecule has 30 heavy (non-hydrogen) atoms. The number of hydrogen-bond donors (Lipinski definition) is 2. The highest BCUT2D eigenvalue weighted by Crippen LogP contribution is 2.33. The molecule has 2 aromatic carbocycles. The van der Waals surface area contributed by atoms with E-state index in [-0.39, 0.29) is 11.4 Å². The van der Waals surface area contributed by atoms with Crippen LogP contribution < -0.4 is 10.6 Å². The van der Waals surface area contributed by atoms with Crippen LogP contribution in [0.25, 0.3) is 5.69 Å². The van der Waals surface area contributed by atoms with Gasteiger partial charge < -0.3 is 10.1 Å². The Labute approximate surface area is 166 Å². The number of aromatic nitrogens is 3. The molecule has 0 unspecified atom stereocenters. The van der Waals surface area contributed by atoms with E-state index >= 15 is 0 Å². The van der Waals surface area contributed by atoms with Crippen LogP contribution in [0.5, 0.6) is 0 Å². The highest BCUT2D eigenvalue weighted by atomic mass is 19.4. The summed E-state index contributed by atoms with van der Waals surface area (Å²) in [4.78, 5) is 23.6. The summed E-state index contributed by atoms with van der Waals surface area (Å²) >= 11 is 0. The maximum atomic E-state index is 13.6. The van der Waals surface area contributed by atoms with Gasteiger partial charge >= 0.3 is 12.3 Å². The summed E-state index contributed by atoms with van der Waals surface area (Å²) in [7, 11) is 1.18. The Hall–Kier alpha value is -3.96. The van der Waals surface area contributed by atoms with Crippen molar-refractivity contribution in [2.24, 2.45) is 0 Å². The minimum atomic E-state index is -4.96. The predicted octanol–water partition coefficient (Wildman–Crippen LogP) is 3.86. The Morgan fingerprint density at radius 1 is 0.967 bits per heavy atom. The number of amides is 2. The molecular weight excluding hydrogens is 410 g/mol.